The van der Waals surface area contributed by atoms with E-state index in [9.17, 15) is 15.0 Å². The fourth-order valence-electron chi connectivity index (χ4n) is 2.14. The summed E-state index contributed by atoms with van der Waals surface area (Å²) in [6.45, 7) is 2.63. The number of amides is 1. The molecule has 0 saturated carbocycles. The molecule has 1 amide bonds. The molecule has 1 saturated heterocycles. The molecule has 5 heteroatoms. The van der Waals surface area contributed by atoms with Crippen molar-refractivity contribution in [1.82, 2.24) is 10.6 Å². The number of hydrogen-bond donors (Lipinski definition) is 4. The van der Waals surface area contributed by atoms with E-state index in [1.807, 2.05) is 6.92 Å². The molecule has 1 fully saturated rings. The molecule has 5 nitrogen and oxygen atoms in total. The summed E-state index contributed by atoms with van der Waals surface area (Å²) in [7, 11) is 0. The van der Waals surface area contributed by atoms with Crippen LogP contribution in [0.15, 0.2) is 18.2 Å². The lowest BCUT2D eigenvalue weighted by atomic mass is 10.1. The zero-order chi connectivity index (χ0) is 13.1. The molecule has 1 aliphatic heterocycles. The number of carbonyl (C=O) groups is 1. The Bertz CT molecular complexity index is 428. The highest BCUT2D eigenvalue weighted by atomic mass is 16.3. The molecule has 4 N–H and O–H groups in total. The molecule has 98 valence electrons. The van der Waals surface area contributed by atoms with Crippen molar-refractivity contribution in [2.75, 3.05) is 6.54 Å². The van der Waals surface area contributed by atoms with Gasteiger partial charge in [0, 0.05) is 31.1 Å². The molecule has 1 aromatic carbocycles. The van der Waals surface area contributed by atoms with Crippen molar-refractivity contribution < 1.29 is 15.0 Å². The number of phenolic OH excluding ortho intramolecular Hbond substituents is 2. The van der Waals surface area contributed by atoms with Crippen LogP contribution in [-0.4, -0.2) is 28.7 Å². The Balaban J connectivity index is 1.91. The van der Waals surface area contributed by atoms with Crippen molar-refractivity contribution in [3.8, 4) is 11.5 Å². The van der Waals surface area contributed by atoms with Crippen LogP contribution in [0.4, 0.5) is 0 Å². The zero-order valence-corrected chi connectivity index (χ0v) is 10.3. The SMILES string of the molecule is CC(NCC1CCC(=O)N1)c1cc(O)cc(O)c1. The number of hydrogen-bond acceptors (Lipinski definition) is 4. The third kappa shape index (κ3) is 3.13. The maximum absolute atomic E-state index is 11.1. The third-order valence-corrected chi connectivity index (χ3v) is 3.18. The molecule has 18 heavy (non-hydrogen) atoms. The molecule has 0 spiro atoms. The average Bonchev–Trinajstić information content (AvgIpc) is 2.70. The lowest BCUT2D eigenvalue weighted by molar-refractivity contribution is -0.119. The van der Waals surface area contributed by atoms with E-state index < -0.39 is 0 Å². The summed E-state index contributed by atoms with van der Waals surface area (Å²) < 4.78 is 0. The summed E-state index contributed by atoms with van der Waals surface area (Å²) in [5.74, 6) is 0.199. The van der Waals surface area contributed by atoms with Crippen LogP contribution in [0.2, 0.25) is 0 Å². The first-order valence-corrected chi connectivity index (χ1v) is 6.10. The average molecular weight is 250 g/mol. The summed E-state index contributed by atoms with van der Waals surface area (Å²) in [5, 5.41) is 25.0. The molecular formula is C13H18N2O3. The normalized spacial score (nSPS) is 20.7. The van der Waals surface area contributed by atoms with Gasteiger partial charge in [0.2, 0.25) is 5.91 Å². The third-order valence-electron chi connectivity index (χ3n) is 3.18. The highest BCUT2D eigenvalue weighted by molar-refractivity contribution is 5.78. The quantitative estimate of drug-likeness (QED) is 0.643. The maximum Gasteiger partial charge on any atom is 0.220 e. The van der Waals surface area contributed by atoms with E-state index >= 15 is 0 Å². The monoisotopic (exact) mass is 250 g/mol. The summed E-state index contributed by atoms with van der Waals surface area (Å²) >= 11 is 0. The summed E-state index contributed by atoms with van der Waals surface area (Å²) in [4.78, 5) is 11.1. The first-order chi connectivity index (χ1) is 8.54. The molecule has 1 heterocycles. The second kappa shape index (κ2) is 5.27. The first kappa shape index (κ1) is 12.7. The Kier molecular flexibility index (Phi) is 3.72. The van der Waals surface area contributed by atoms with Gasteiger partial charge in [0.25, 0.3) is 0 Å². The van der Waals surface area contributed by atoms with Gasteiger partial charge in [-0.15, -0.1) is 0 Å². The van der Waals surface area contributed by atoms with Gasteiger partial charge in [-0.1, -0.05) is 0 Å². The van der Waals surface area contributed by atoms with Crippen LogP contribution in [0, 0.1) is 0 Å². The second-order valence-electron chi connectivity index (χ2n) is 4.72. The Hall–Kier alpha value is -1.75. The van der Waals surface area contributed by atoms with Gasteiger partial charge in [-0.3, -0.25) is 4.79 Å². The van der Waals surface area contributed by atoms with E-state index in [2.05, 4.69) is 10.6 Å². The predicted octanol–water partition coefficient (Wildman–Crippen LogP) is 1.03. The Morgan fingerprint density at radius 1 is 1.39 bits per heavy atom. The molecule has 2 unspecified atom stereocenters. The van der Waals surface area contributed by atoms with Crippen molar-refractivity contribution in [2.24, 2.45) is 0 Å². The lowest BCUT2D eigenvalue weighted by Crippen LogP contribution is -2.36. The largest absolute Gasteiger partial charge is 0.508 e. The van der Waals surface area contributed by atoms with Gasteiger partial charge in [0.15, 0.2) is 0 Å². The van der Waals surface area contributed by atoms with Crippen molar-refractivity contribution in [3.05, 3.63) is 23.8 Å². The minimum atomic E-state index is 0.000465. The Labute approximate surface area is 106 Å². The van der Waals surface area contributed by atoms with Crippen LogP contribution in [0.1, 0.15) is 31.4 Å². The highest BCUT2D eigenvalue weighted by Gasteiger charge is 2.21. The minimum Gasteiger partial charge on any atom is -0.508 e. The van der Waals surface area contributed by atoms with Crippen molar-refractivity contribution >= 4 is 5.91 Å². The van der Waals surface area contributed by atoms with Gasteiger partial charge in [0.05, 0.1) is 0 Å². The summed E-state index contributed by atoms with van der Waals surface area (Å²) in [6.07, 6.45) is 1.44. The molecule has 0 radical (unpaired) electrons. The number of rotatable bonds is 4. The van der Waals surface area contributed by atoms with Crippen LogP contribution < -0.4 is 10.6 Å². The minimum absolute atomic E-state index is 0.000465. The fraction of sp³-hybridized carbons (Fsp3) is 0.462. The summed E-state index contributed by atoms with van der Waals surface area (Å²) in [5.41, 5.74) is 0.817. The van der Waals surface area contributed by atoms with Gasteiger partial charge in [-0.25, -0.2) is 0 Å². The Morgan fingerprint density at radius 2 is 2.06 bits per heavy atom. The van der Waals surface area contributed by atoms with E-state index in [0.717, 1.165) is 12.0 Å². The van der Waals surface area contributed by atoms with E-state index in [1.54, 1.807) is 12.1 Å². The van der Waals surface area contributed by atoms with Gasteiger partial charge in [-0.05, 0) is 31.0 Å². The number of benzene rings is 1. The molecule has 0 bridgehead atoms. The van der Waals surface area contributed by atoms with Crippen LogP contribution in [-0.2, 0) is 4.79 Å². The highest BCUT2D eigenvalue weighted by Crippen LogP contribution is 2.24. The smallest absolute Gasteiger partial charge is 0.220 e. The van der Waals surface area contributed by atoms with Gasteiger partial charge in [0.1, 0.15) is 11.5 Å². The molecule has 2 rings (SSSR count). The molecule has 2 atom stereocenters. The van der Waals surface area contributed by atoms with Crippen molar-refractivity contribution in [2.45, 2.75) is 31.8 Å². The van der Waals surface area contributed by atoms with Crippen LogP contribution in [0.25, 0.3) is 0 Å². The van der Waals surface area contributed by atoms with Crippen LogP contribution in [0.5, 0.6) is 11.5 Å². The predicted molar refractivity (Wildman–Crippen MR) is 67.4 cm³/mol. The van der Waals surface area contributed by atoms with Gasteiger partial charge >= 0.3 is 0 Å². The van der Waals surface area contributed by atoms with Crippen LogP contribution >= 0.6 is 0 Å². The van der Waals surface area contributed by atoms with Crippen molar-refractivity contribution in [1.29, 1.82) is 0 Å². The maximum atomic E-state index is 11.1. The molecule has 1 aromatic rings. The number of carbonyl (C=O) groups excluding carboxylic acids is 1. The topological polar surface area (TPSA) is 81.6 Å². The van der Waals surface area contributed by atoms with E-state index in [1.165, 1.54) is 6.07 Å². The van der Waals surface area contributed by atoms with E-state index in [-0.39, 0.29) is 29.5 Å². The molecule has 0 aromatic heterocycles. The molecule has 0 aliphatic carbocycles. The van der Waals surface area contributed by atoms with E-state index in [0.29, 0.717) is 13.0 Å². The fourth-order valence-corrected chi connectivity index (χ4v) is 2.14. The standard InChI is InChI=1S/C13H18N2O3/c1-8(9-4-11(16)6-12(17)5-9)14-7-10-2-3-13(18)15-10/h4-6,8,10,14,16-17H,2-3,7H2,1H3,(H,15,18). The first-order valence-electron chi connectivity index (χ1n) is 6.10. The van der Waals surface area contributed by atoms with Gasteiger partial charge in [-0.2, -0.15) is 0 Å². The zero-order valence-electron chi connectivity index (χ0n) is 10.3. The number of aromatic hydroxyl groups is 2. The van der Waals surface area contributed by atoms with Crippen LogP contribution in [0.3, 0.4) is 0 Å². The van der Waals surface area contributed by atoms with E-state index in [4.69, 9.17) is 0 Å². The van der Waals surface area contributed by atoms with Crippen molar-refractivity contribution in [3.63, 3.8) is 0 Å². The molecule has 1 aliphatic rings. The second-order valence-corrected chi connectivity index (χ2v) is 4.72. The molecular weight excluding hydrogens is 232 g/mol. The van der Waals surface area contributed by atoms with Gasteiger partial charge < -0.3 is 20.8 Å². The summed E-state index contributed by atoms with van der Waals surface area (Å²) in [6, 6.07) is 4.70. The number of phenols is 2. The number of nitrogens with one attached hydrogen (secondary N) is 2. The lowest BCUT2D eigenvalue weighted by Gasteiger charge is -2.18. The Morgan fingerprint density at radius 3 is 2.61 bits per heavy atom.